The van der Waals surface area contributed by atoms with Crippen molar-refractivity contribution >= 4 is 23.0 Å². The quantitative estimate of drug-likeness (QED) is 0.749. The molecular formula is C18H13F2N3O. The summed E-state index contributed by atoms with van der Waals surface area (Å²) in [4.78, 5) is 16.2. The van der Waals surface area contributed by atoms with Crippen LogP contribution in [0.3, 0.4) is 0 Å². The van der Waals surface area contributed by atoms with Gasteiger partial charge in [0.2, 0.25) is 0 Å². The van der Waals surface area contributed by atoms with Crippen LogP contribution >= 0.6 is 0 Å². The van der Waals surface area contributed by atoms with Gasteiger partial charge in [0.05, 0.1) is 17.4 Å². The lowest BCUT2D eigenvalue weighted by atomic mass is 10.2. The molecule has 0 spiro atoms. The fourth-order valence-corrected chi connectivity index (χ4v) is 2.10. The van der Waals surface area contributed by atoms with Crippen molar-refractivity contribution in [3.63, 3.8) is 0 Å². The van der Waals surface area contributed by atoms with Gasteiger partial charge in [0.1, 0.15) is 0 Å². The van der Waals surface area contributed by atoms with E-state index in [0.717, 1.165) is 17.8 Å². The van der Waals surface area contributed by atoms with Crippen LogP contribution in [0, 0.1) is 11.6 Å². The van der Waals surface area contributed by atoms with Gasteiger partial charge in [0, 0.05) is 23.6 Å². The highest BCUT2D eigenvalue weighted by molar-refractivity contribution is 6.04. The van der Waals surface area contributed by atoms with Gasteiger partial charge in [-0.3, -0.25) is 9.78 Å². The van der Waals surface area contributed by atoms with E-state index in [1.54, 1.807) is 12.3 Å². The van der Waals surface area contributed by atoms with Crippen LogP contribution < -0.4 is 10.6 Å². The smallest absolute Gasteiger partial charge is 0.257 e. The fourth-order valence-electron chi connectivity index (χ4n) is 2.10. The average molecular weight is 325 g/mol. The zero-order valence-electron chi connectivity index (χ0n) is 12.5. The van der Waals surface area contributed by atoms with E-state index < -0.39 is 17.5 Å². The zero-order valence-corrected chi connectivity index (χ0v) is 12.5. The summed E-state index contributed by atoms with van der Waals surface area (Å²) in [6.45, 7) is 0. The summed E-state index contributed by atoms with van der Waals surface area (Å²) in [6.07, 6.45) is 2.98. The summed E-state index contributed by atoms with van der Waals surface area (Å²) in [5.74, 6) is -2.46. The van der Waals surface area contributed by atoms with Gasteiger partial charge in [0.15, 0.2) is 11.6 Å². The van der Waals surface area contributed by atoms with E-state index in [0.29, 0.717) is 11.3 Å². The molecule has 0 bridgehead atoms. The Morgan fingerprint density at radius 1 is 0.833 bits per heavy atom. The number of aromatic nitrogens is 1. The van der Waals surface area contributed by atoms with E-state index in [9.17, 15) is 13.6 Å². The summed E-state index contributed by atoms with van der Waals surface area (Å²) < 4.78 is 26.1. The van der Waals surface area contributed by atoms with Crippen LogP contribution in [-0.4, -0.2) is 10.9 Å². The minimum absolute atomic E-state index is 0.167. The van der Waals surface area contributed by atoms with Crippen molar-refractivity contribution in [2.45, 2.75) is 0 Å². The topological polar surface area (TPSA) is 54.0 Å². The number of para-hydroxylation sites is 1. The summed E-state index contributed by atoms with van der Waals surface area (Å²) >= 11 is 0. The standard InChI is InChI=1S/C18H13F2N3O/c19-16-7-6-14(9-17(16)20)23-18(24)12-8-15(11-21-10-12)22-13-4-2-1-3-5-13/h1-11,22H,(H,23,24). The molecule has 2 N–H and O–H groups in total. The normalized spacial score (nSPS) is 10.2. The molecule has 0 unspecified atom stereocenters. The number of carbonyl (C=O) groups is 1. The summed E-state index contributed by atoms with van der Waals surface area (Å²) in [6, 6.07) is 14.2. The maximum atomic E-state index is 13.2. The van der Waals surface area contributed by atoms with Gasteiger partial charge in [-0.05, 0) is 30.3 Å². The molecule has 0 atom stereocenters. The number of nitrogens with zero attached hydrogens (tertiary/aromatic N) is 1. The van der Waals surface area contributed by atoms with Crippen LogP contribution in [0.2, 0.25) is 0 Å². The molecule has 0 aliphatic carbocycles. The van der Waals surface area contributed by atoms with Crippen molar-refractivity contribution in [3.05, 3.63) is 84.2 Å². The fraction of sp³-hybridized carbons (Fsp3) is 0. The minimum Gasteiger partial charge on any atom is -0.354 e. The second-order valence-electron chi connectivity index (χ2n) is 5.04. The van der Waals surface area contributed by atoms with E-state index in [2.05, 4.69) is 15.6 Å². The minimum atomic E-state index is -1.02. The predicted molar refractivity (Wildman–Crippen MR) is 88.3 cm³/mol. The lowest BCUT2D eigenvalue weighted by Gasteiger charge is -2.09. The number of anilines is 3. The Balaban J connectivity index is 1.75. The summed E-state index contributed by atoms with van der Waals surface area (Å²) in [5.41, 5.74) is 1.96. The van der Waals surface area contributed by atoms with Crippen LogP contribution in [-0.2, 0) is 0 Å². The van der Waals surface area contributed by atoms with E-state index in [-0.39, 0.29) is 5.69 Å². The number of hydrogen-bond donors (Lipinski definition) is 2. The highest BCUT2D eigenvalue weighted by Crippen LogP contribution is 2.18. The molecule has 2 aromatic carbocycles. The molecule has 6 heteroatoms. The maximum Gasteiger partial charge on any atom is 0.257 e. The zero-order chi connectivity index (χ0) is 16.9. The van der Waals surface area contributed by atoms with Crippen LogP contribution in [0.4, 0.5) is 25.8 Å². The SMILES string of the molecule is O=C(Nc1ccc(F)c(F)c1)c1cncc(Nc2ccccc2)c1. The molecule has 0 fully saturated rings. The third-order valence-electron chi connectivity index (χ3n) is 3.24. The van der Waals surface area contributed by atoms with Crippen LogP contribution in [0.25, 0.3) is 0 Å². The van der Waals surface area contributed by atoms with E-state index in [4.69, 9.17) is 0 Å². The molecule has 0 saturated heterocycles. The molecule has 120 valence electrons. The Kier molecular flexibility index (Phi) is 4.47. The monoisotopic (exact) mass is 325 g/mol. The number of halogens is 2. The van der Waals surface area contributed by atoms with Gasteiger partial charge >= 0.3 is 0 Å². The third-order valence-corrected chi connectivity index (χ3v) is 3.24. The molecule has 0 saturated carbocycles. The van der Waals surface area contributed by atoms with Crippen molar-refractivity contribution < 1.29 is 13.6 Å². The number of pyridine rings is 1. The molecular weight excluding hydrogens is 312 g/mol. The number of carbonyl (C=O) groups excluding carboxylic acids is 1. The van der Waals surface area contributed by atoms with E-state index in [1.165, 1.54) is 12.3 Å². The van der Waals surface area contributed by atoms with Crippen molar-refractivity contribution in [1.82, 2.24) is 4.98 Å². The van der Waals surface area contributed by atoms with Gasteiger partial charge in [-0.15, -0.1) is 0 Å². The van der Waals surface area contributed by atoms with E-state index in [1.807, 2.05) is 30.3 Å². The second-order valence-corrected chi connectivity index (χ2v) is 5.04. The maximum absolute atomic E-state index is 13.2. The number of nitrogens with one attached hydrogen (secondary N) is 2. The second kappa shape index (κ2) is 6.87. The summed E-state index contributed by atoms with van der Waals surface area (Å²) in [7, 11) is 0. The summed E-state index contributed by atoms with van der Waals surface area (Å²) in [5, 5.41) is 5.63. The Hall–Kier alpha value is -3.28. The number of rotatable bonds is 4. The highest BCUT2D eigenvalue weighted by Gasteiger charge is 2.10. The van der Waals surface area contributed by atoms with Gasteiger partial charge in [-0.2, -0.15) is 0 Å². The third kappa shape index (κ3) is 3.73. The molecule has 1 amide bonds. The van der Waals surface area contributed by atoms with Crippen molar-refractivity contribution in [3.8, 4) is 0 Å². The predicted octanol–water partition coefficient (Wildman–Crippen LogP) is 4.36. The van der Waals surface area contributed by atoms with Gasteiger partial charge in [0.25, 0.3) is 5.91 Å². The van der Waals surface area contributed by atoms with Crippen molar-refractivity contribution in [1.29, 1.82) is 0 Å². The van der Waals surface area contributed by atoms with Crippen LogP contribution in [0.15, 0.2) is 67.0 Å². The largest absolute Gasteiger partial charge is 0.354 e. The lowest BCUT2D eigenvalue weighted by Crippen LogP contribution is -2.12. The first-order valence-electron chi connectivity index (χ1n) is 7.15. The molecule has 0 aliphatic rings. The van der Waals surface area contributed by atoms with Gasteiger partial charge in [-0.1, -0.05) is 18.2 Å². The molecule has 24 heavy (non-hydrogen) atoms. The molecule has 1 aromatic heterocycles. The number of amides is 1. The Labute approximate surface area is 137 Å². The van der Waals surface area contributed by atoms with Gasteiger partial charge < -0.3 is 10.6 Å². The van der Waals surface area contributed by atoms with Crippen molar-refractivity contribution in [2.24, 2.45) is 0 Å². The van der Waals surface area contributed by atoms with Gasteiger partial charge in [-0.25, -0.2) is 8.78 Å². The lowest BCUT2D eigenvalue weighted by molar-refractivity contribution is 0.102. The first-order valence-corrected chi connectivity index (χ1v) is 7.15. The van der Waals surface area contributed by atoms with Crippen LogP contribution in [0.5, 0.6) is 0 Å². The Morgan fingerprint density at radius 3 is 2.38 bits per heavy atom. The highest BCUT2D eigenvalue weighted by atomic mass is 19.2. The molecule has 3 aromatic rings. The number of benzene rings is 2. The first kappa shape index (κ1) is 15.6. The van der Waals surface area contributed by atoms with Crippen LogP contribution in [0.1, 0.15) is 10.4 Å². The molecule has 0 radical (unpaired) electrons. The first-order chi connectivity index (χ1) is 11.6. The number of hydrogen-bond acceptors (Lipinski definition) is 3. The Morgan fingerprint density at radius 2 is 1.62 bits per heavy atom. The molecule has 3 rings (SSSR count). The van der Waals surface area contributed by atoms with E-state index >= 15 is 0 Å². The average Bonchev–Trinajstić information content (AvgIpc) is 2.59. The Bertz CT molecular complexity index is 869. The molecule has 0 aliphatic heterocycles. The molecule has 1 heterocycles. The molecule has 4 nitrogen and oxygen atoms in total. The van der Waals surface area contributed by atoms with Crippen molar-refractivity contribution in [2.75, 3.05) is 10.6 Å².